The summed E-state index contributed by atoms with van der Waals surface area (Å²) < 4.78 is 0. The summed E-state index contributed by atoms with van der Waals surface area (Å²) in [6.45, 7) is 5.28. The first kappa shape index (κ1) is 13.6. The van der Waals surface area contributed by atoms with Crippen molar-refractivity contribution in [2.45, 2.75) is 26.4 Å². The molecule has 0 amide bonds. The Morgan fingerprint density at radius 3 is 2.53 bits per heavy atom. The highest BCUT2D eigenvalue weighted by atomic mass is 15.1. The number of aryl methyl sites for hydroxylation is 1. The first-order valence-electron chi connectivity index (χ1n) is 6.67. The molecule has 2 aromatic rings. The van der Waals surface area contributed by atoms with E-state index in [0.717, 1.165) is 12.2 Å². The Bertz CT molecular complexity index is 548. The molecule has 100 valence electrons. The van der Waals surface area contributed by atoms with Crippen LogP contribution in [0.1, 0.15) is 29.7 Å². The predicted octanol–water partition coefficient (Wildman–Crippen LogP) is 3.77. The van der Waals surface area contributed by atoms with Gasteiger partial charge in [-0.1, -0.05) is 42.0 Å². The Balaban J connectivity index is 2.09. The summed E-state index contributed by atoms with van der Waals surface area (Å²) in [6.07, 6.45) is 0. The molecule has 0 radical (unpaired) electrons. The molecule has 0 aromatic heterocycles. The number of rotatable bonds is 4. The lowest BCUT2D eigenvalue weighted by atomic mass is 10.1. The number of hydrogen-bond acceptors (Lipinski definition) is 2. The molecule has 1 unspecified atom stereocenters. The zero-order valence-corrected chi connectivity index (χ0v) is 11.9. The molecule has 0 saturated heterocycles. The van der Waals surface area contributed by atoms with Crippen molar-refractivity contribution in [3.63, 3.8) is 0 Å². The summed E-state index contributed by atoms with van der Waals surface area (Å²) in [5, 5.41) is 0. The highest BCUT2D eigenvalue weighted by molar-refractivity contribution is 5.41. The quantitative estimate of drug-likeness (QED) is 0.842. The van der Waals surface area contributed by atoms with Gasteiger partial charge in [-0.25, -0.2) is 0 Å². The average molecular weight is 254 g/mol. The van der Waals surface area contributed by atoms with Gasteiger partial charge < -0.3 is 5.73 Å². The number of hydrogen-bond donors (Lipinski definition) is 1. The molecule has 0 bridgehead atoms. The first-order valence-corrected chi connectivity index (χ1v) is 6.67. The summed E-state index contributed by atoms with van der Waals surface area (Å²) >= 11 is 0. The molecule has 0 spiro atoms. The van der Waals surface area contributed by atoms with Gasteiger partial charge in [0.25, 0.3) is 0 Å². The molecule has 19 heavy (non-hydrogen) atoms. The molecular formula is C17H22N2. The van der Waals surface area contributed by atoms with Crippen LogP contribution in [-0.2, 0) is 6.54 Å². The summed E-state index contributed by atoms with van der Waals surface area (Å²) in [5.74, 6) is 0. The topological polar surface area (TPSA) is 29.3 Å². The molecular weight excluding hydrogens is 232 g/mol. The lowest BCUT2D eigenvalue weighted by Crippen LogP contribution is -2.22. The van der Waals surface area contributed by atoms with E-state index in [9.17, 15) is 0 Å². The fourth-order valence-corrected chi connectivity index (χ4v) is 2.31. The number of nitrogens with zero attached hydrogens (tertiary/aromatic N) is 1. The predicted molar refractivity (Wildman–Crippen MR) is 81.9 cm³/mol. The number of nitrogen functional groups attached to an aromatic ring is 1. The number of anilines is 1. The van der Waals surface area contributed by atoms with Crippen LogP contribution >= 0.6 is 0 Å². The molecule has 2 rings (SSSR count). The Kier molecular flexibility index (Phi) is 4.23. The van der Waals surface area contributed by atoms with Crippen molar-refractivity contribution in [1.29, 1.82) is 0 Å². The van der Waals surface area contributed by atoms with Crippen LogP contribution in [0.3, 0.4) is 0 Å². The van der Waals surface area contributed by atoms with Gasteiger partial charge in [0.05, 0.1) is 0 Å². The van der Waals surface area contributed by atoms with Crippen LogP contribution in [0.2, 0.25) is 0 Å². The SMILES string of the molecule is Cc1cccc(CN(C)C(C)c2cccc(N)c2)c1. The first-order chi connectivity index (χ1) is 9.06. The highest BCUT2D eigenvalue weighted by Gasteiger charge is 2.12. The van der Waals surface area contributed by atoms with E-state index in [2.05, 4.69) is 62.2 Å². The maximum atomic E-state index is 5.85. The Hall–Kier alpha value is -1.80. The van der Waals surface area contributed by atoms with Gasteiger partial charge in [0, 0.05) is 18.3 Å². The average Bonchev–Trinajstić information content (AvgIpc) is 2.38. The normalized spacial score (nSPS) is 12.6. The van der Waals surface area contributed by atoms with E-state index in [4.69, 9.17) is 5.73 Å². The van der Waals surface area contributed by atoms with Crippen molar-refractivity contribution in [2.24, 2.45) is 0 Å². The van der Waals surface area contributed by atoms with Gasteiger partial charge in [-0.3, -0.25) is 4.90 Å². The largest absolute Gasteiger partial charge is 0.399 e. The standard InChI is InChI=1S/C17H22N2/c1-13-6-4-7-15(10-13)12-19(3)14(2)16-8-5-9-17(18)11-16/h4-11,14H,12,18H2,1-3H3. The Morgan fingerprint density at radius 1 is 1.11 bits per heavy atom. The molecule has 0 heterocycles. The van der Waals surface area contributed by atoms with Gasteiger partial charge in [-0.2, -0.15) is 0 Å². The third-order valence-electron chi connectivity index (χ3n) is 3.57. The van der Waals surface area contributed by atoms with Crippen molar-refractivity contribution in [3.05, 3.63) is 65.2 Å². The number of nitrogens with two attached hydrogens (primary N) is 1. The van der Waals surface area contributed by atoms with E-state index in [1.165, 1.54) is 16.7 Å². The molecule has 0 saturated carbocycles. The van der Waals surface area contributed by atoms with Crippen LogP contribution in [0.5, 0.6) is 0 Å². The van der Waals surface area contributed by atoms with Gasteiger partial charge >= 0.3 is 0 Å². The monoisotopic (exact) mass is 254 g/mol. The number of benzene rings is 2. The molecule has 2 heteroatoms. The summed E-state index contributed by atoms with van der Waals surface area (Å²) in [6, 6.07) is 17.1. The van der Waals surface area contributed by atoms with Crippen LogP contribution in [0.15, 0.2) is 48.5 Å². The van der Waals surface area contributed by atoms with Crippen molar-refractivity contribution < 1.29 is 0 Å². The molecule has 1 atom stereocenters. The lowest BCUT2D eigenvalue weighted by molar-refractivity contribution is 0.253. The van der Waals surface area contributed by atoms with Crippen molar-refractivity contribution in [2.75, 3.05) is 12.8 Å². The smallest absolute Gasteiger partial charge is 0.0321 e. The van der Waals surface area contributed by atoms with E-state index in [1.54, 1.807) is 0 Å². The lowest BCUT2D eigenvalue weighted by Gasteiger charge is -2.25. The van der Waals surface area contributed by atoms with Gasteiger partial charge in [0.15, 0.2) is 0 Å². The zero-order valence-electron chi connectivity index (χ0n) is 11.9. The van der Waals surface area contributed by atoms with E-state index >= 15 is 0 Å². The molecule has 0 aliphatic rings. The van der Waals surface area contributed by atoms with Gasteiger partial charge in [-0.15, -0.1) is 0 Å². The minimum Gasteiger partial charge on any atom is -0.399 e. The van der Waals surface area contributed by atoms with Crippen molar-refractivity contribution >= 4 is 5.69 Å². The van der Waals surface area contributed by atoms with E-state index in [1.807, 2.05) is 12.1 Å². The molecule has 0 aliphatic carbocycles. The second-order valence-electron chi connectivity index (χ2n) is 5.25. The van der Waals surface area contributed by atoms with Gasteiger partial charge in [0.2, 0.25) is 0 Å². The summed E-state index contributed by atoms with van der Waals surface area (Å²) in [5.41, 5.74) is 10.6. The second-order valence-corrected chi connectivity index (χ2v) is 5.25. The third kappa shape index (κ3) is 3.58. The fraction of sp³-hybridized carbons (Fsp3) is 0.294. The Morgan fingerprint density at radius 2 is 1.84 bits per heavy atom. The van der Waals surface area contributed by atoms with Gasteiger partial charge in [-0.05, 0) is 44.2 Å². The summed E-state index contributed by atoms with van der Waals surface area (Å²) in [7, 11) is 2.15. The minimum absolute atomic E-state index is 0.351. The Labute approximate surface area is 115 Å². The van der Waals surface area contributed by atoms with Crippen LogP contribution in [0.25, 0.3) is 0 Å². The van der Waals surface area contributed by atoms with Crippen LogP contribution in [0.4, 0.5) is 5.69 Å². The van der Waals surface area contributed by atoms with E-state index in [-0.39, 0.29) is 0 Å². The summed E-state index contributed by atoms with van der Waals surface area (Å²) in [4.78, 5) is 2.34. The van der Waals surface area contributed by atoms with Gasteiger partial charge in [0.1, 0.15) is 0 Å². The van der Waals surface area contributed by atoms with Crippen LogP contribution in [-0.4, -0.2) is 11.9 Å². The van der Waals surface area contributed by atoms with Crippen LogP contribution < -0.4 is 5.73 Å². The maximum Gasteiger partial charge on any atom is 0.0321 e. The molecule has 2 N–H and O–H groups in total. The minimum atomic E-state index is 0.351. The molecule has 0 fully saturated rings. The van der Waals surface area contributed by atoms with Crippen molar-refractivity contribution in [1.82, 2.24) is 4.90 Å². The molecule has 2 nitrogen and oxygen atoms in total. The van der Waals surface area contributed by atoms with E-state index < -0.39 is 0 Å². The highest BCUT2D eigenvalue weighted by Crippen LogP contribution is 2.22. The van der Waals surface area contributed by atoms with Crippen LogP contribution in [0, 0.1) is 6.92 Å². The molecule has 0 aliphatic heterocycles. The maximum absolute atomic E-state index is 5.85. The van der Waals surface area contributed by atoms with E-state index in [0.29, 0.717) is 6.04 Å². The molecule has 2 aromatic carbocycles. The third-order valence-corrected chi connectivity index (χ3v) is 3.57. The van der Waals surface area contributed by atoms with Crippen molar-refractivity contribution in [3.8, 4) is 0 Å². The fourth-order valence-electron chi connectivity index (χ4n) is 2.31. The second kappa shape index (κ2) is 5.89. The zero-order chi connectivity index (χ0) is 13.8.